The van der Waals surface area contributed by atoms with Gasteiger partial charge in [0, 0.05) is 18.2 Å². The average Bonchev–Trinajstić information content (AvgIpc) is 3.47. The van der Waals surface area contributed by atoms with Gasteiger partial charge in [0.25, 0.3) is 0 Å². The van der Waals surface area contributed by atoms with E-state index in [0.717, 1.165) is 12.6 Å². The molecule has 0 saturated carbocycles. The molecule has 46 heavy (non-hydrogen) atoms. The maximum Gasteiger partial charge on any atom is 0.385 e. The molecule has 5 aromatic rings. The Balaban J connectivity index is 1.42. The molecule has 0 bridgehead atoms. The molecule has 0 aromatic heterocycles. The molecule has 6 rings (SSSR count). The molecule has 0 N–H and O–H groups in total. The predicted molar refractivity (Wildman–Crippen MR) is 197 cm³/mol. The van der Waals surface area contributed by atoms with Gasteiger partial charge in [0.05, 0.1) is 0 Å². The Kier molecular flexibility index (Phi) is 10.1. The van der Waals surface area contributed by atoms with Gasteiger partial charge < -0.3 is 4.18 Å². The van der Waals surface area contributed by atoms with Crippen molar-refractivity contribution in [1.82, 2.24) is 4.31 Å². The summed E-state index contributed by atoms with van der Waals surface area (Å²) in [5, 5.41) is 5.06. The van der Waals surface area contributed by atoms with Gasteiger partial charge in [-0.05, 0) is 89.5 Å². The van der Waals surface area contributed by atoms with Crippen LogP contribution in [0.3, 0.4) is 0 Å². The number of nitrogens with zero attached hydrogens (tertiary/aromatic N) is 1. The largest absolute Gasteiger partial charge is 0.385 e. The summed E-state index contributed by atoms with van der Waals surface area (Å²) in [5.74, 6) is 0.336. The lowest BCUT2D eigenvalue weighted by atomic mass is 10.2. The van der Waals surface area contributed by atoms with Crippen LogP contribution in [0, 0.1) is 27.7 Å². The monoisotopic (exact) mass is 665 g/mol. The van der Waals surface area contributed by atoms with Crippen molar-refractivity contribution in [3.63, 3.8) is 0 Å². The molecule has 7 heteroatoms. The lowest BCUT2D eigenvalue weighted by Gasteiger charge is -2.28. The summed E-state index contributed by atoms with van der Waals surface area (Å²) in [4.78, 5) is 0. The van der Waals surface area contributed by atoms with Crippen LogP contribution in [0.15, 0.2) is 127 Å². The third-order valence-electron chi connectivity index (χ3n) is 8.65. The number of hydrogen-bond acceptors (Lipinski definition) is 3. The van der Waals surface area contributed by atoms with E-state index in [9.17, 15) is 8.42 Å². The Morgan fingerprint density at radius 2 is 1.02 bits per heavy atom. The van der Waals surface area contributed by atoms with E-state index >= 15 is 0 Å². The van der Waals surface area contributed by atoms with Crippen LogP contribution in [0.4, 0.5) is 0 Å². The van der Waals surface area contributed by atoms with Gasteiger partial charge in [-0.3, -0.25) is 0 Å². The van der Waals surface area contributed by atoms with Crippen molar-refractivity contribution in [2.45, 2.75) is 45.8 Å². The fraction of sp³-hybridized carbons (Fsp3) is 0.231. The minimum atomic E-state index is -4.08. The third-order valence-corrected chi connectivity index (χ3v) is 15.5. The van der Waals surface area contributed by atoms with Crippen molar-refractivity contribution in [1.29, 1.82) is 0 Å². The molecular formula is C39H41NO3P2S. The first-order chi connectivity index (χ1) is 22.2. The Bertz CT molecular complexity index is 1750. The summed E-state index contributed by atoms with van der Waals surface area (Å²) >= 11 is 0. The normalized spacial score (nSPS) is 17.1. The van der Waals surface area contributed by atoms with E-state index in [1.165, 1.54) is 43.5 Å². The summed E-state index contributed by atoms with van der Waals surface area (Å²) in [6, 6.07) is 43.8. The van der Waals surface area contributed by atoms with Crippen LogP contribution >= 0.6 is 15.8 Å². The highest BCUT2D eigenvalue weighted by molar-refractivity contribution is 7.84. The standard InChI is InChI=1S/C39H41NO3P2S/c1-29-10-18-35(19-11-29)44(36-20-12-30(2)13-21-36)28-33-26-39(27-40(33)46(41,42)43-34-8-6-5-7-9-34)45(37-22-14-31(3)15-23-37)38-24-16-32(4)17-25-38/h5-25,33,39H,26-28H2,1-4H3/t33-,39-/m0/s1. The average molecular weight is 666 g/mol. The van der Waals surface area contributed by atoms with Gasteiger partial charge in [-0.25, -0.2) is 0 Å². The van der Waals surface area contributed by atoms with Crippen LogP contribution in [0.1, 0.15) is 28.7 Å². The number of hydrogen-bond donors (Lipinski definition) is 0. The van der Waals surface area contributed by atoms with E-state index in [0.29, 0.717) is 12.3 Å². The SMILES string of the molecule is Cc1ccc(P(C[C@@H]2C[C@H](P(c3ccc(C)cc3)c3ccc(C)cc3)CN2S(=O)(=O)Oc2ccccc2)c2ccc(C)cc2)cc1. The summed E-state index contributed by atoms with van der Waals surface area (Å²) in [7, 11) is -5.74. The van der Waals surface area contributed by atoms with Crippen LogP contribution < -0.4 is 25.4 Å². The van der Waals surface area contributed by atoms with Crippen molar-refractivity contribution >= 4 is 47.4 Å². The lowest BCUT2D eigenvalue weighted by Crippen LogP contribution is -2.41. The molecule has 0 amide bonds. The quantitative estimate of drug-likeness (QED) is 0.148. The second kappa shape index (κ2) is 14.2. The van der Waals surface area contributed by atoms with Crippen LogP contribution in [0.25, 0.3) is 0 Å². The van der Waals surface area contributed by atoms with Crippen molar-refractivity contribution < 1.29 is 12.6 Å². The highest BCUT2D eigenvalue weighted by atomic mass is 32.2. The topological polar surface area (TPSA) is 46.6 Å². The van der Waals surface area contributed by atoms with Crippen molar-refractivity contribution in [2.75, 3.05) is 12.7 Å². The second-order valence-corrected chi connectivity index (χ2v) is 18.5. The van der Waals surface area contributed by atoms with Crippen molar-refractivity contribution in [3.8, 4) is 5.75 Å². The second-order valence-electron chi connectivity index (χ2n) is 12.3. The number of benzene rings is 5. The van der Waals surface area contributed by atoms with E-state index in [2.05, 4.69) is 125 Å². The van der Waals surface area contributed by atoms with Gasteiger partial charge in [0.2, 0.25) is 0 Å². The fourth-order valence-corrected chi connectivity index (χ4v) is 13.1. The van der Waals surface area contributed by atoms with Crippen molar-refractivity contribution in [2.24, 2.45) is 0 Å². The molecule has 2 atom stereocenters. The molecule has 0 unspecified atom stereocenters. The smallest absolute Gasteiger partial charge is 0.371 e. The van der Waals surface area contributed by atoms with Crippen molar-refractivity contribution in [3.05, 3.63) is 150 Å². The molecule has 0 aliphatic carbocycles. The zero-order chi connectivity index (χ0) is 32.3. The summed E-state index contributed by atoms with van der Waals surface area (Å²) in [6.45, 7) is 8.84. The maximum absolute atomic E-state index is 14.2. The van der Waals surface area contributed by atoms with E-state index < -0.39 is 26.1 Å². The first-order valence-electron chi connectivity index (χ1n) is 15.8. The predicted octanol–water partition coefficient (Wildman–Crippen LogP) is 7.25. The van der Waals surface area contributed by atoms with E-state index in [1.807, 2.05) is 6.07 Å². The molecule has 1 aliphatic heterocycles. The number of para-hydroxylation sites is 1. The molecule has 236 valence electrons. The van der Waals surface area contributed by atoms with Gasteiger partial charge in [0.1, 0.15) is 5.75 Å². The van der Waals surface area contributed by atoms with E-state index in [4.69, 9.17) is 4.18 Å². The minimum Gasteiger partial charge on any atom is -0.371 e. The highest BCUT2D eigenvalue weighted by Crippen LogP contribution is 2.49. The number of rotatable bonds is 10. The van der Waals surface area contributed by atoms with Crippen LogP contribution in [0.2, 0.25) is 0 Å². The summed E-state index contributed by atoms with van der Waals surface area (Å²) < 4.78 is 35.9. The molecule has 4 nitrogen and oxygen atoms in total. The Hall–Kier alpha value is -3.33. The highest BCUT2D eigenvalue weighted by Gasteiger charge is 2.45. The zero-order valence-corrected chi connectivity index (χ0v) is 29.5. The Labute approximate surface area is 277 Å². The summed E-state index contributed by atoms with van der Waals surface area (Å²) in [6.07, 6.45) is 1.49. The third kappa shape index (κ3) is 7.62. The molecule has 0 radical (unpaired) electrons. The van der Waals surface area contributed by atoms with Gasteiger partial charge >= 0.3 is 10.3 Å². The lowest BCUT2D eigenvalue weighted by molar-refractivity contribution is 0.355. The first kappa shape index (κ1) is 32.6. The van der Waals surface area contributed by atoms with E-state index in [-0.39, 0.29) is 11.7 Å². The fourth-order valence-electron chi connectivity index (χ4n) is 6.14. The molecule has 1 fully saturated rings. The molecule has 1 heterocycles. The minimum absolute atomic E-state index is 0.132. The Morgan fingerprint density at radius 3 is 1.46 bits per heavy atom. The zero-order valence-electron chi connectivity index (χ0n) is 26.9. The molecule has 1 saturated heterocycles. The molecule has 0 spiro atoms. The first-order valence-corrected chi connectivity index (χ1v) is 20.1. The maximum atomic E-state index is 14.2. The molecular weight excluding hydrogens is 624 g/mol. The van der Waals surface area contributed by atoms with Crippen LogP contribution in [-0.2, 0) is 10.3 Å². The van der Waals surface area contributed by atoms with E-state index in [1.54, 1.807) is 28.6 Å². The van der Waals surface area contributed by atoms with Crippen LogP contribution in [0.5, 0.6) is 5.75 Å². The molecule has 1 aliphatic rings. The summed E-state index contributed by atoms with van der Waals surface area (Å²) in [5.41, 5.74) is 4.99. The van der Waals surface area contributed by atoms with Crippen LogP contribution in [-0.4, -0.2) is 37.1 Å². The van der Waals surface area contributed by atoms with Gasteiger partial charge in [0.15, 0.2) is 0 Å². The van der Waals surface area contributed by atoms with Gasteiger partial charge in [-0.2, -0.15) is 12.7 Å². The Morgan fingerprint density at radius 1 is 0.609 bits per heavy atom. The van der Waals surface area contributed by atoms with Gasteiger partial charge in [-0.15, -0.1) is 0 Å². The number of aryl methyl sites for hydroxylation is 4. The molecule has 5 aromatic carbocycles. The van der Waals surface area contributed by atoms with Gasteiger partial charge in [-0.1, -0.05) is 138 Å².